The maximum Gasteiger partial charge on any atom is 0.0732 e. The fourth-order valence-corrected chi connectivity index (χ4v) is 3.17. The minimum absolute atomic E-state index is 0.224. The molecule has 2 rings (SSSR count). The van der Waals surface area contributed by atoms with E-state index in [1.54, 1.807) is 0 Å². The van der Waals surface area contributed by atoms with E-state index >= 15 is 0 Å². The molecule has 1 N–H and O–H groups in total. The quantitative estimate of drug-likeness (QED) is 0.769. The summed E-state index contributed by atoms with van der Waals surface area (Å²) in [6.07, 6.45) is 3.70. The second-order valence-corrected chi connectivity index (χ2v) is 6.50. The van der Waals surface area contributed by atoms with Crippen LogP contribution in [-0.4, -0.2) is 11.2 Å². The Labute approximate surface area is 95.5 Å². The predicted octanol–water partition coefficient (Wildman–Crippen LogP) is 3.62. The van der Waals surface area contributed by atoms with Crippen molar-refractivity contribution in [3.05, 3.63) is 28.0 Å². The number of allylic oxidation sites excluding steroid dienone is 1. The maximum atomic E-state index is 9.81. The van der Waals surface area contributed by atoms with Gasteiger partial charge in [-0.05, 0) is 42.9 Å². The summed E-state index contributed by atoms with van der Waals surface area (Å²) in [7, 11) is 0. The first kappa shape index (κ1) is 10.9. The zero-order valence-corrected chi connectivity index (χ0v) is 10.4. The Balaban J connectivity index is 2.29. The highest BCUT2D eigenvalue weighted by Gasteiger charge is 2.28. The molecule has 0 aromatic carbocycles. The summed E-state index contributed by atoms with van der Waals surface area (Å²) < 4.78 is 0. The number of hydrogen-bond acceptors (Lipinski definition) is 2. The molecule has 0 aliphatic heterocycles. The molecule has 0 saturated carbocycles. The van der Waals surface area contributed by atoms with Gasteiger partial charge in [0, 0.05) is 9.75 Å². The number of thiophene rings is 1. The van der Waals surface area contributed by atoms with Gasteiger partial charge in [0.15, 0.2) is 0 Å². The average Bonchev–Trinajstić information content (AvgIpc) is 2.48. The normalized spacial score (nSPS) is 25.1. The Morgan fingerprint density at radius 3 is 2.67 bits per heavy atom. The lowest BCUT2D eigenvalue weighted by molar-refractivity contribution is 0.146. The van der Waals surface area contributed by atoms with Gasteiger partial charge in [0.2, 0.25) is 0 Å². The number of aliphatic hydroxyl groups excluding tert-OH is 1. The van der Waals surface area contributed by atoms with Gasteiger partial charge in [0.25, 0.3) is 0 Å². The molecule has 0 radical (unpaired) electrons. The summed E-state index contributed by atoms with van der Waals surface area (Å²) in [5.74, 6) is 0. The summed E-state index contributed by atoms with van der Waals surface area (Å²) >= 11 is 1.82. The van der Waals surface area contributed by atoms with Gasteiger partial charge in [-0.25, -0.2) is 0 Å². The number of hydrogen-bond donors (Lipinski definition) is 1. The smallest absolute Gasteiger partial charge is 0.0732 e. The first-order chi connectivity index (χ1) is 6.96. The summed E-state index contributed by atoms with van der Waals surface area (Å²) in [5, 5.41) is 9.81. The van der Waals surface area contributed by atoms with Crippen molar-refractivity contribution in [3.8, 4) is 0 Å². The molecular weight excluding hydrogens is 204 g/mol. The highest BCUT2D eigenvalue weighted by molar-refractivity contribution is 7.13. The van der Waals surface area contributed by atoms with Crippen LogP contribution in [0.15, 0.2) is 18.2 Å². The van der Waals surface area contributed by atoms with Gasteiger partial charge < -0.3 is 5.11 Å². The first-order valence-corrected chi connectivity index (χ1v) is 6.23. The minimum Gasteiger partial charge on any atom is -0.389 e. The molecule has 1 aromatic heterocycles. The summed E-state index contributed by atoms with van der Waals surface area (Å²) in [6.45, 7) is 6.58. The highest BCUT2D eigenvalue weighted by Crippen LogP contribution is 2.41. The van der Waals surface area contributed by atoms with Gasteiger partial charge in [-0.1, -0.05) is 19.9 Å². The van der Waals surface area contributed by atoms with Crippen LogP contribution < -0.4 is 0 Å². The largest absolute Gasteiger partial charge is 0.389 e. The predicted molar refractivity (Wildman–Crippen MR) is 66.1 cm³/mol. The van der Waals surface area contributed by atoms with Crippen LogP contribution in [0.1, 0.15) is 36.4 Å². The van der Waals surface area contributed by atoms with E-state index < -0.39 is 0 Å². The first-order valence-electron chi connectivity index (χ1n) is 5.42. The molecule has 0 saturated heterocycles. The molecule has 2 heteroatoms. The maximum absolute atomic E-state index is 9.81. The molecule has 1 atom stereocenters. The Hall–Kier alpha value is -0.600. The van der Waals surface area contributed by atoms with E-state index in [9.17, 15) is 5.11 Å². The standard InChI is InChI=1S/C13H18OS/c1-9-4-5-12(15-9)10-6-11(14)8-13(2,3)7-10/h4-6,11,14H,7-8H2,1-3H3. The molecule has 1 unspecified atom stereocenters. The lowest BCUT2D eigenvalue weighted by Gasteiger charge is -2.32. The van der Waals surface area contributed by atoms with Crippen LogP contribution in [-0.2, 0) is 0 Å². The van der Waals surface area contributed by atoms with Crippen molar-refractivity contribution in [1.82, 2.24) is 0 Å². The number of aliphatic hydroxyl groups is 1. The van der Waals surface area contributed by atoms with Crippen molar-refractivity contribution >= 4 is 16.9 Å². The van der Waals surface area contributed by atoms with Crippen molar-refractivity contribution in [3.63, 3.8) is 0 Å². The Kier molecular flexibility index (Phi) is 2.73. The summed E-state index contributed by atoms with van der Waals surface area (Å²) in [4.78, 5) is 2.66. The molecule has 82 valence electrons. The van der Waals surface area contributed by atoms with Crippen LogP contribution in [0.5, 0.6) is 0 Å². The molecule has 0 fully saturated rings. The monoisotopic (exact) mass is 222 g/mol. The van der Waals surface area contributed by atoms with Crippen molar-refractivity contribution < 1.29 is 5.11 Å². The van der Waals surface area contributed by atoms with Gasteiger partial charge in [-0.2, -0.15) is 0 Å². The van der Waals surface area contributed by atoms with E-state index in [2.05, 4.69) is 32.9 Å². The third-order valence-electron chi connectivity index (χ3n) is 2.88. The van der Waals surface area contributed by atoms with Crippen molar-refractivity contribution in [2.75, 3.05) is 0 Å². The van der Waals surface area contributed by atoms with Crippen LogP contribution in [0.3, 0.4) is 0 Å². The fourth-order valence-electron chi connectivity index (χ4n) is 2.28. The Morgan fingerprint density at radius 2 is 2.13 bits per heavy atom. The molecule has 0 bridgehead atoms. The average molecular weight is 222 g/mol. The van der Waals surface area contributed by atoms with E-state index in [1.165, 1.54) is 15.3 Å². The molecule has 1 heterocycles. The Morgan fingerprint density at radius 1 is 1.40 bits per heavy atom. The van der Waals surface area contributed by atoms with Gasteiger partial charge in [-0.15, -0.1) is 11.3 Å². The SMILES string of the molecule is Cc1ccc(C2=CC(O)CC(C)(C)C2)s1. The molecule has 0 amide bonds. The minimum atomic E-state index is -0.272. The van der Waals surface area contributed by atoms with Gasteiger partial charge in [0.1, 0.15) is 0 Å². The van der Waals surface area contributed by atoms with E-state index in [4.69, 9.17) is 0 Å². The molecule has 15 heavy (non-hydrogen) atoms. The second kappa shape index (κ2) is 3.76. The topological polar surface area (TPSA) is 20.2 Å². The zero-order chi connectivity index (χ0) is 11.1. The van der Waals surface area contributed by atoms with Gasteiger partial charge in [-0.3, -0.25) is 0 Å². The fraction of sp³-hybridized carbons (Fsp3) is 0.538. The van der Waals surface area contributed by atoms with Crippen LogP contribution in [0.2, 0.25) is 0 Å². The van der Waals surface area contributed by atoms with Crippen molar-refractivity contribution in [1.29, 1.82) is 0 Å². The molecule has 0 spiro atoms. The third-order valence-corrected chi connectivity index (χ3v) is 3.96. The van der Waals surface area contributed by atoms with Crippen LogP contribution in [0.4, 0.5) is 0 Å². The van der Waals surface area contributed by atoms with Crippen LogP contribution in [0.25, 0.3) is 5.57 Å². The third kappa shape index (κ3) is 2.50. The lowest BCUT2D eigenvalue weighted by atomic mass is 9.76. The summed E-state index contributed by atoms with van der Waals surface area (Å²) in [5.41, 5.74) is 1.54. The van der Waals surface area contributed by atoms with E-state index in [1.807, 2.05) is 17.4 Å². The molecule has 1 nitrogen and oxygen atoms in total. The molecule has 1 aromatic rings. The van der Waals surface area contributed by atoms with Gasteiger partial charge in [0.05, 0.1) is 6.10 Å². The molecular formula is C13H18OS. The zero-order valence-electron chi connectivity index (χ0n) is 9.58. The molecule has 1 aliphatic rings. The Bertz CT molecular complexity index is 387. The van der Waals surface area contributed by atoms with Crippen LogP contribution >= 0.6 is 11.3 Å². The van der Waals surface area contributed by atoms with E-state index in [0.29, 0.717) is 0 Å². The van der Waals surface area contributed by atoms with Crippen molar-refractivity contribution in [2.45, 2.75) is 39.7 Å². The van der Waals surface area contributed by atoms with Gasteiger partial charge >= 0.3 is 0 Å². The molecule has 1 aliphatic carbocycles. The highest BCUT2D eigenvalue weighted by atomic mass is 32.1. The lowest BCUT2D eigenvalue weighted by Crippen LogP contribution is -2.24. The van der Waals surface area contributed by atoms with Crippen molar-refractivity contribution in [2.24, 2.45) is 5.41 Å². The van der Waals surface area contributed by atoms with E-state index in [0.717, 1.165) is 12.8 Å². The number of rotatable bonds is 1. The number of aryl methyl sites for hydroxylation is 1. The van der Waals surface area contributed by atoms with E-state index in [-0.39, 0.29) is 11.5 Å². The van der Waals surface area contributed by atoms with Crippen LogP contribution in [0, 0.1) is 12.3 Å². The summed E-state index contributed by atoms with van der Waals surface area (Å²) in [6, 6.07) is 4.31. The second-order valence-electron chi connectivity index (χ2n) is 5.21.